The summed E-state index contributed by atoms with van der Waals surface area (Å²) in [7, 11) is 0. The van der Waals surface area contributed by atoms with Crippen LogP contribution in [0.3, 0.4) is 0 Å². The van der Waals surface area contributed by atoms with Gasteiger partial charge in [0.2, 0.25) is 5.91 Å². The third-order valence-electron chi connectivity index (χ3n) is 3.11. The van der Waals surface area contributed by atoms with E-state index in [1.165, 1.54) is 19.1 Å². The number of benzene rings is 1. The molecule has 0 aliphatic carbocycles. The Hall–Kier alpha value is -2.63. The molecular formula is C15H16FN3O2. The highest BCUT2D eigenvalue weighted by Gasteiger charge is 2.16. The van der Waals surface area contributed by atoms with Crippen LogP contribution in [-0.4, -0.2) is 16.4 Å². The summed E-state index contributed by atoms with van der Waals surface area (Å²) < 4.78 is 14.8. The van der Waals surface area contributed by atoms with Crippen LogP contribution in [0.2, 0.25) is 0 Å². The van der Waals surface area contributed by atoms with Crippen molar-refractivity contribution < 1.29 is 14.0 Å². The van der Waals surface area contributed by atoms with Crippen molar-refractivity contribution in [3.63, 3.8) is 0 Å². The first-order chi connectivity index (χ1) is 9.90. The molecule has 2 amide bonds. The Bertz CT molecular complexity index is 690. The maximum absolute atomic E-state index is 13.0. The van der Waals surface area contributed by atoms with E-state index < -0.39 is 5.91 Å². The zero-order valence-electron chi connectivity index (χ0n) is 12.0. The molecule has 5 nitrogen and oxygen atoms in total. The number of aromatic nitrogens is 1. The first-order valence-corrected chi connectivity index (χ1v) is 6.42. The maximum atomic E-state index is 13.0. The second kappa shape index (κ2) is 5.78. The monoisotopic (exact) mass is 289 g/mol. The summed E-state index contributed by atoms with van der Waals surface area (Å²) in [4.78, 5) is 22.8. The first-order valence-electron chi connectivity index (χ1n) is 6.42. The second-order valence-electron chi connectivity index (χ2n) is 4.73. The molecule has 2 rings (SSSR count). The van der Waals surface area contributed by atoms with Gasteiger partial charge in [0.1, 0.15) is 5.82 Å². The minimum Gasteiger partial charge on any atom is -0.318 e. The molecule has 0 spiro atoms. The molecular weight excluding hydrogens is 273 g/mol. The van der Waals surface area contributed by atoms with E-state index in [0.29, 0.717) is 11.3 Å². The summed E-state index contributed by atoms with van der Waals surface area (Å²) in [5, 5.41) is 0. The van der Waals surface area contributed by atoms with Gasteiger partial charge in [0, 0.05) is 24.0 Å². The number of amides is 2. The predicted molar refractivity (Wildman–Crippen MR) is 76.5 cm³/mol. The van der Waals surface area contributed by atoms with Gasteiger partial charge in [-0.1, -0.05) is 0 Å². The SMILES string of the molecule is CC(=O)NNC(=O)c1cc(C)n(-c2ccc(F)cc2)c1C. The number of nitrogens with one attached hydrogen (secondary N) is 2. The van der Waals surface area contributed by atoms with E-state index in [4.69, 9.17) is 0 Å². The number of halogens is 1. The third kappa shape index (κ3) is 3.10. The van der Waals surface area contributed by atoms with E-state index in [-0.39, 0.29) is 11.7 Å². The second-order valence-corrected chi connectivity index (χ2v) is 4.73. The first kappa shape index (κ1) is 14.8. The van der Waals surface area contributed by atoms with Crippen LogP contribution in [0.5, 0.6) is 0 Å². The summed E-state index contributed by atoms with van der Waals surface area (Å²) in [6.07, 6.45) is 0. The number of nitrogens with zero attached hydrogens (tertiary/aromatic N) is 1. The van der Waals surface area contributed by atoms with Crippen LogP contribution in [0.4, 0.5) is 4.39 Å². The lowest BCUT2D eigenvalue weighted by molar-refractivity contribution is -0.119. The molecule has 0 aliphatic rings. The number of aryl methyl sites for hydroxylation is 1. The number of carbonyl (C=O) groups excluding carboxylic acids is 2. The molecule has 21 heavy (non-hydrogen) atoms. The maximum Gasteiger partial charge on any atom is 0.271 e. The highest BCUT2D eigenvalue weighted by molar-refractivity contribution is 5.96. The fraction of sp³-hybridized carbons (Fsp3) is 0.200. The zero-order chi connectivity index (χ0) is 15.6. The van der Waals surface area contributed by atoms with Crippen LogP contribution in [-0.2, 0) is 4.79 Å². The van der Waals surface area contributed by atoms with Crippen molar-refractivity contribution in [2.45, 2.75) is 20.8 Å². The Balaban J connectivity index is 2.35. The summed E-state index contributed by atoms with van der Waals surface area (Å²) in [6.45, 7) is 4.95. The largest absolute Gasteiger partial charge is 0.318 e. The van der Waals surface area contributed by atoms with E-state index >= 15 is 0 Å². The van der Waals surface area contributed by atoms with E-state index in [1.54, 1.807) is 25.1 Å². The van der Waals surface area contributed by atoms with Crippen molar-refractivity contribution in [2.24, 2.45) is 0 Å². The smallest absolute Gasteiger partial charge is 0.271 e. The van der Waals surface area contributed by atoms with Crippen LogP contribution >= 0.6 is 0 Å². The van der Waals surface area contributed by atoms with E-state index in [2.05, 4.69) is 10.9 Å². The lowest BCUT2D eigenvalue weighted by Gasteiger charge is -2.10. The molecule has 0 radical (unpaired) electrons. The van der Waals surface area contributed by atoms with Gasteiger partial charge < -0.3 is 4.57 Å². The summed E-state index contributed by atoms with van der Waals surface area (Å²) >= 11 is 0. The third-order valence-corrected chi connectivity index (χ3v) is 3.11. The Morgan fingerprint density at radius 1 is 1.10 bits per heavy atom. The lowest BCUT2D eigenvalue weighted by atomic mass is 10.2. The van der Waals surface area contributed by atoms with Gasteiger partial charge in [0.15, 0.2) is 0 Å². The van der Waals surface area contributed by atoms with Gasteiger partial charge >= 0.3 is 0 Å². The highest BCUT2D eigenvalue weighted by Crippen LogP contribution is 2.20. The number of hydrogen-bond donors (Lipinski definition) is 2. The van der Waals surface area contributed by atoms with Gasteiger partial charge in [-0.05, 0) is 44.2 Å². The van der Waals surface area contributed by atoms with Crippen LogP contribution in [0.1, 0.15) is 28.7 Å². The fourth-order valence-corrected chi connectivity index (χ4v) is 2.19. The van der Waals surface area contributed by atoms with Crippen molar-refractivity contribution in [2.75, 3.05) is 0 Å². The lowest BCUT2D eigenvalue weighted by Crippen LogP contribution is -2.40. The van der Waals surface area contributed by atoms with Crippen molar-refractivity contribution in [3.05, 3.63) is 53.1 Å². The number of hydrazine groups is 1. The Labute approximate surface area is 121 Å². The van der Waals surface area contributed by atoms with Crippen molar-refractivity contribution in [1.82, 2.24) is 15.4 Å². The number of hydrogen-bond acceptors (Lipinski definition) is 2. The summed E-state index contributed by atoms with van der Waals surface area (Å²) in [5.41, 5.74) is 7.35. The molecule has 1 aromatic heterocycles. The molecule has 1 heterocycles. The number of carbonyl (C=O) groups is 2. The predicted octanol–water partition coefficient (Wildman–Crippen LogP) is 2.01. The molecule has 0 atom stereocenters. The Kier molecular flexibility index (Phi) is 4.07. The van der Waals surface area contributed by atoms with Crippen LogP contribution < -0.4 is 10.9 Å². The molecule has 2 aromatic rings. The molecule has 0 aliphatic heterocycles. The van der Waals surface area contributed by atoms with Gasteiger partial charge in [0.05, 0.1) is 5.56 Å². The van der Waals surface area contributed by atoms with E-state index in [9.17, 15) is 14.0 Å². The molecule has 1 aromatic carbocycles. The summed E-state index contributed by atoms with van der Waals surface area (Å²) in [5.74, 6) is -1.06. The highest BCUT2D eigenvalue weighted by atomic mass is 19.1. The minimum absolute atomic E-state index is 0.315. The standard InChI is InChI=1S/C15H16FN3O2/c1-9-8-14(15(21)18-17-11(3)20)10(2)19(9)13-6-4-12(16)5-7-13/h4-8H,1-3H3,(H,17,20)(H,18,21). The number of rotatable bonds is 2. The Morgan fingerprint density at radius 2 is 1.71 bits per heavy atom. The average Bonchev–Trinajstić information content (AvgIpc) is 2.73. The van der Waals surface area contributed by atoms with Gasteiger partial charge in [-0.2, -0.15) is 0 Å². The molecule has 6 heteroatoms. The summed E-state index contributed by atoms with van der Waals surface area (Å²) in [6, 6.07) is 7.74. The topological polar surface area (TPSA) is 63.1 Å². The molecule has 2 N–H and O–H groups in total. The van der Waals surface area contributed by atoms with Crippen molar-refractivity contribution in [1.29, 1.82) is 0 Å². The zero-order valence-corrected chi connectivity index (χ0v) is 12.0. The van der Waals surface area contributed by atoms with Gasteiger partial charge in [0.25, 0.3) is 5.91 Å². The van der Waals surface area contributed by atoms with E-state index in [1.807, 2.05) is 11.5 Å². The molecule has 0 saturated heterocycles. The molecule has 0 unspecified atom stereocenters. The minimum atomic E-state index is -0.397. The van der Waals surface area contributed by atoms with Crippen LogP contribution in [0.15, 0.2) is 30.3 Å². The van der Waals surface area contributed by atoms with Gasteiger partial charge in [-0.15, -0.1) is 0 Å². The normalized spacial score (nSPS) is 10.3. The Morgan fingerprint density at radius 3 is 2.29 bits per heavy atom. The van der Waals surface area contributed by atoms with Crippen molar-refractivity contribution >= 4 is 11.8 Å². The average molecular weight is 289 g/mol. The van der Waals surface area contributed by atoms with E-state index in [0.717, 1.165) is 11.4 Å². The molecule has 0 bridgehead atoms. The van der Waals surface area contributed by atoms with Crippen LogP contribution in [0.25, 0.3) is 5.69 Å². The molecule has 0 saturated carbocycles. The van der Waals surface area contributed by atoms with Crippen molar-refractivity contribution in [3.8, 4) is 5.69 Å². The quantitative estimate of drug-likeness (QED) is 0.831. The van der Waals surface area contributed by atoms with Crippen LogP contribution in [0, 0.1) is 19.7 Å². The van der Waals surface area contributed by atoms with Gasteiger partial charge in [-0.25, -0.2) is 4.39 Å². The fourth-order valence-electron chi connectivity index (χ4n) is 2.19. The van der Waals surface area contributed by atoms with Gasteiger partial charge in [-0.3, -0.25) is 20.4 Å². The molecule has 110 valence electrons. The molecule has 0 fully saturated rings.